The van der Waals surface area contributed by atoms with Gasteiger partial charge in [0.1, 0.15) is 5.82 Å². The van der Waals surface area contributed by atoms with Crippen LogP contribution in [0.1, 0.15) is 44.5 Å². The van der Waals surface area contributed by atoms with Crippen molar-refractivity contribution in [3.05, 3.63) is 18.2 Å². The number of aromatic nitrogens is 2. The third-order valence-electron chi connectivity index (χ3n) is 2.97. The Bertz CT molecular complexity index is 284. The zero-order chi connectivity index (χ0) is 9.97. The zero-order valence-corrected chi connectivity index (χ0v) is 8.82. The minimum absolute atomic E-state index is 0.206. The molecule has 0 saturated heterocycles. The van der Waals surface area contributed by atoms with E-state index in [0.717, 1.165) is 12.2 Å². The standard InChI is InChI=1S/C11H19N3/c1-9(12)8-11-13-6-7-14(11)10-4-2-3-5-10/h6-7,9-10H,2-5,8,12H2,1H3. The van der Waals surface area contributed by atoms with Gasteiger partial charge in [-0.15, -0.1) is 0 Å². The summed E-state index contributed by atoms with van der Waals surface area (Å²) in [6, 6.07) is 0.892. The van der Waals surface area contributed by atoms with Crippen molar-refractivity contribution >= 4 is 0 Å². The quantitative estimate of drug-likeness (QED) is 0.796. The van der Waals surface area contributed by atoms with E-state index in [1.54, 1.807) is 0 Å². The molecule has 1 aromatic rings. The second-order valence-electron chi connectivity index (χ2n) is 4.37. The molecule has 0 spiro atoms. The Labute approximate surface area is 85.3 Å². The molecule has 3 nitrogen and oxygen atoms in total. The zero-order valence-electron chi connectivity index (χ0n) is 8.82. The van der Waals surface area contributed by atoms with Crippen LogP contribution >= 0.6 is 0 Å². The normalized spacial score (nSPS) is 20.1. The Hall–Kier alpha value is -0.830. The van der Waals surface area contributed by atoms with Crippen LogP contribution in [0, 0.1) is 0 Å². The number of hydrogen-bond donors (Lipinski definition) is 1. The van der Waals surface area contributed by atoms with Crippen LogP contribution in [0.3, 0.4) is 0 Å². The van der Waals surface area contributed by atoms with Crippen LogP contribution < -0.4 is 5.73 Å². The molecular formula is C11H19N3. The van der Waals surface area contributed by atoms with Crippen molar-refractivity contribution in [2.45, 2.75) is 51.1 Å². The highest BCUT2D eigenvalue weighted by molar-refractivity contribution is 4.98. The lowest BCUT2D eigenvalue weighted by atomic mass is 10.2. The van der Waals surface area contributed by atoms with E-state index in [9.17, 15) is 0 Å². The average Bonchev–Trinajstić information content (AvgIpc) is 2.70. The van der Waals surface area contributed by atoms with Crippen molar-refractivity contribution in [3.63, 3.8) is 0 Å². The van der Waals surface area contributed by atoms with Crippen LogP contribution in [0.25, 0.3) is 0 Å². The minimum Gasteiger partial charge on any atom is -0.332 e. The van der Waals surface area contributed by atoms with Crippen molar-refractivity contribution < 1.29 is 0 Å². The highest BCUT2D eigenvalue weighted by atomic mass is 15.1. The fourth-order valence-electron chi connectivity index (χ4n) is 2.30. The van der Waals surface area contributed by atoms with E-state index in [0.29, 0.717) is 6.04 Å². The summed E-state index contributed by atoms with van der Waals surface area (Å²) < 4.78 is 2.33. The largest absolute Gasteiger partial charge is 0.332 e. The summed E-state index contributed by atoms with van der Waals surface area (Å²) >= 11 is 0. The monoisotopic (exact) mass is 193 g/mol. The lowest BCUT2D eigenvalue weighted by Crippen LogP contribution is -2.21. The molecule has 1 aliphatic carbocycles. The third-order valence-corrected chi connectivity index (χ3v) is 2.97. The second kappa shape index (κ2) is 4.13. The second-order valence-corrected chi connectivity index (χ2v) is 4.37. The Morgan fingerprint density at radius 1 is 1.57 bits per heavy atom. The summed E-state index contributed by atoms with van der Waals surface area (Å²) in [6.45, 7) is 2.04. The highest BCUT2D eigenvalue weighted by Crippen LogP contribution is 2.30. The SMILES string of the molecule is CC(N)Cc1nccn1C1CCCC1. The van der Waals surface area contributed by atoms with Crippen LogP contribution in [0.5, 0.6) is 0 Å². The first kappa shape index (κ1) is 9.71. The molecule has 0 aliphatic heterocycles. The smallest absolute Gasteiger partial charge is 0.110 e. The molecule has 3 heteroatoms. The Morgan fingerprint density at radius 3 is 2.93 bits per heavy atom. The summed E-state index contributed by atoms with van der Waals surface area (Å²) in [5, 5.41) is 0. The molecule has 1 aliphatic rings. The van der Waals surface area contributed by atoms with Crippen molar-refractivity contribution in [3.8, 4) is 0 Å². The fraction of sp³-hybridized carbons (Fsp3) is 0.727. The first-order valence-electron chi connectivity index (χ1n) is 5.54. The van der Waals surface area contributed by atoms with E-state index in [1.807, 2.05) is 13.1 Å². The van der Waals surface area contributed by atoms with Gasteiger partial charge in [-0.1, -0.05) is 12.8 Å². The molecule has 14 heavy (non-hydrogen) atoms. The predicted molar refractivity (Wildman–Crippen MR) is 57.1 cm³/mol. The van der Waals surface area contributed by atoms with E-state index in [1.165, 1.54) is 25.7 Å². The van der Waals surface area contributed by atoms with E-state index in [2.05, 4.69) is 15.7 Å². The van der Waals surface area contributed by atoms with Crippen LogP contribution in [0.2, 0.25) is 0 Å². The maximum Gasteiger partial charge on any atom is 0.110 e. The third kappa shape index (κ3) is 1.98. The number of nitrogens with zero attached hydrogens (tertiary/aromatic N) is 2. The van der Waals surface area contributed by atoms with Crippen LogP contribution in [0.15, 0.2) is 12.4 Å². The summed E-state index contributed by atoms with van der Waals surface area (Å²) in [5.41, 5.74) is 5.80. The lowest BCUT2D eigenvalue weighted by Gasteiger charge is -2.15. The van der Waals surface area contributed by atoms with Gasteiger partial charge in [0.2, 0.25) is 0 Å². The van der Waals surface area contributed by atoms with Gasteiger partial charge >= 0.3 is 0 Å². The first-order chi connectivity index (χ1) is 6.77. The van der Waals surface area contributed by atoms with Gasteiger partial charge < -0.3 is 10.3 Å². The van der Waals surface area contributed by atoms with E-state index in [-0.39, 0.29) is 6.04 Å². The molecule has 0 radical (unpaired) electrons. The molecule has 1 aromatic heterocycles. The molecule has 1 heterocycles. The Morgan fingerprint density at radius 2 is 2.29 bits per heavy atom. The Kier molecular flexibility index (Phi) is 2.87. The average molecular weight is 193 g/mol. The maximum atomic E-state index is 5.80. The minimum atomic E-state index is 0.206. The molecule has 0 aromatic carbocycles. The van der Waals surface area contributed by atoms with Gasteiger partial charge in [0.05, 0.1) is 0 Å². The predicted octanol–water partition coefficient (Wildman–Crippen LogP) is 1.89. The van der Waals surface area contributed by atoms with Gasteiger partial charge in [-0.25, -0.2) is 4.98 Å². The topological polar surface area (TPSA) is 43.8 Å². The molecule has 2 rings (SSSR count). The van der Waals surface area contributed by atoms with Crippen molar-refractivity contribution in [1.29, 1.82) is 0 Å². The maximum absolute atomic E-state index is 5.80. The van der Waals surface area contributed by atoms with Crippen LogP contribution in [-0.2, 0) is 6.42 Å². The number of rotatable bonds is 3. The van der Waals surface area contributed by atoms with Gasteiger partial charge in [-0.05, 0) is 19.8 Å². The first-order valence-corrected chi connectivity index (χ1v) is 5.54. The van der Waals surface area contributed by atoms with Crippen LogP contribution in [-0.4, -0.2) is 15.6 Å². The molecule has 1 unspecified atom stereocenters. The number of imidazole rings is 1. The van der Waals surface area contributed by atoms with E-state index >= 15 is 0 Å². The number of nitrogens with two attached hydrogens (primary N) is 1. The van der Waals surface area contributed by atoms with E-state index in [4.69, 9.17) is 5.73 Å². The van der Waals surface area contributed by atoms with Crippen molar-refractivity contribution in [2.75, 3.05) is 0 Å². The van der Waals surface area contributed by atoms with Crippen molar-refractivity contribution in [1.82, 2.24) is 9.55 Å². The lowest BCUT2D eigenvalue weighted by molar-refractivity contribution is 0.489. The van der Waals surface area contributed by atoms with Gasteiger partial charge in [0, 0.05) is 30.9 Å². The summed E-state index contributed by atoms with van der Waals surface area (Å²) in [7, 11) is 0. The van der Waals surface area contributed by atoms with E-state index < -0.39 is 0 Å². The molecule has 1 fully saturated rings. The van der Waals surface area contributed by atoms with Gasteiger partial charge in [0.25, 0.3) is 0 Å². The summed E-state index contributed by atoms with van der Waals surface area (Å²) in [4.78, 5) is 4.38. The summed E-state index contributed by atoms with van der Waals surface area (Å²) in [5.74, 6) is 1.16. The molecule has 2 N–H and O–H groups in total. The number of hydrogen-bond acceptors (Lipinski definition) is 2. The summed E-state index contributed by atoms with van der Waals surface area (Å²) in [6.07, 6.45) is 10.2. The molecule has 0 bridgehead atoms. The highest BCUT2D eigenvalue weighted by Gasteiger charge is 2.19. The molecule has 78 valence electrons. The fourth-order valence-corrected chi connectivity index (χ4v) is 2.30. The molecule has 1 saturated carbocycles. The van der Waals surface area contributed by atoms with Gasteiger partial charge in [-0.3, -0.25) is 0 Å². The van der Waals surface area contributed by atoms with Crippen molar-refractivity contribution in [2.24, 2.45) is 5.73 Å². The molecule has 0 amide bonds. The van der Waals surface area contributed by atoms with Gasteiger partial charge in [0.15, 0.2) is 0 Å². The van der Waals surface area contributed by atoms with Gasteiger partial charge in [-0.2, -0.15) is 0 Å². The molecular weight excluding hydrogens is 174 g/mol. The molecule has 1 atom stereocenters. The van der Waals surface area contributed by atoms with Crippen LogP contribution in [0.4, 0.5) is 0 Å². The Balaban J connectivity index is 2.12.